The molecular formula is C25H29NO3S2. The largest absolute Gasteiger partial charge is 0.507 e. The van der Waals surface area contributed by atoms with E-state index >= 15 is 0 Å². The highest BCUT2D eigenvalue weighted by Crippen LogP contribution is 2.42. The fourth-order valence-electron chi connectivity index (χ4n) is 3.46. The highest BCUT2D eigenvalue weighted by molar-refractivity contribution is 8.27. The number of amides is 1. The van der Waals surface area contributed by atoms with Crippen molar-refractivity contribution in [3.8, 4) is 11.5 Å². The van der Waals surface area contributed by atoms with Gasteiger partial charge in [-0.3, -0.25) is 9.69 Å². The van der Waals surface area contributed by atoms with Gasteiger partial charge in [-0.2, -0.15) is 0 Å². The summed E-state index contributed by atoms with van der Waals surface area (Å²) in [6, 6.07) is 11.2. The van der Waals surface area contributed by atoms with Gasteiger partial charge in [0.25, 0.3) is 5.91 Å². The predicted octanol–water partition coefficient (Wildman–Crippen LogP) is 6.40. The minimum Gasteiger partial charge on any atom is -0.507 e. The summed E-state index contributed by atoms with van der Waals surface area (Å²) in [7, 11) is 1.60. The summed E-state index contributed by atoms with van der Waals surface area (Å²) < 4.78 is 5.69. The number of ether oxygens (including phenoxy) is 1. The molecule has 3 rings (SSSR count). The number of thioether (sulfide) groups is 1. The molecule has 2 aromatic rings. The monoisotopic (exact) mass is 455 g/mol. The van der Waals surface area contributed by atoms with Crippen LogP contribution in [0.3, 0.4) is 0 Å². The van der Waals surface area contributed by atoms with Crippen molar-refractivity contribution in [2.45, 2.75) is 52.4 Å². The zero-order valence-corrected chi connectivity index (χ0v) is 20.7. The molecule has 6 heteroatoms. The Bertz CT molecular complexity index is 1020. The molecule has 0 aromatic heterocycles. The SMILES string of the molecule is COc1ccc(N2C(=O)/C(=C\c3cc(C(C)(C)C)c(O)c(C(C)(C)C)c3)SC2=S)cc1. The first-order chi connectivity index (χ1) is 14.3. The van der Waals surface area contributed by atoms with Crippen molar-refractivity contribution in [1.82, 2.24) is 0 Å². The fourth-order valence-corrected chi connectivity index (χ4v) is 4.76. The smallest absolute Gasteiger partial charge is 0.270 e. The van der Waals surface area contributed by atoms with Gasteiger partial charge in [0, 0.05) is 11.1 Å². The van der Waals surface area contributed by atoms with Crippen molar-refractivity contribution in [2.24, 2.45) is 0 Å². The van der Waals surface area contributed by atoms with Gasteiger partial charge in [-0.15, -0.1) is 0 Å². The first kappa shape index (κ1) is 23.4. The predicted molar refractivity (Wildman–Crippen MR) is 134 cm³/mol. The average Bonchev–Trinajstić information content (AvgIpc) is 2.94. The van der Waals surface area contributed by atoms with E-state index in [9.17, 15) is 9.90 Å². The lowest BCUT2D eigenvalue weighted by molar-refractivity contribution is -0.113. The van der Waals surface area contributed by atoms with E-state index in [2.05, 4.69) is 41.5 Å². The number of benzene rings is 2. The summed E-state index contributed by atoms with van der Waals surface area (Å²) in [5.74, 6) is 0.893. The summed E-state index contributed by atoms with van der Waals surface area (Å²) in [4.78, 5) is 15.3. The molecule has 1 fully saturated rings. The molecule has 0 radical (unpaired) electrons. The van der Waals surface area contributed by atoms with E-state index in [-0.39, 0.29) is 16.7 Å². The number of rotatable bonds is 3. The van der Waals surface area contributed by atoms with Crippen LogP contribution in [0, 0.1) is 0 Å². The second-order valence-corrected chi connectivity index (χ2v) is 11.4. The van der Waals surface area contributed by atoms with E-state index in [1.54, 1.807) is 12.0 Å². The van der Waals surface area contributed by atoms with E-state index in [1.807, 2.05) is 42.5 Å². The molecule has 0 unspecified atom stereocenters. The number of aromatic hydroxyl groups is 1. The Kier molecular flexibility index (Phi) is 6.27. The number of carbonyl (C=O) groups excluding carboxylic acids is 1. The van der Waals surface area contributed by atoms with Crippen molar-refractivity contribution in [3.63, 3.8) is 0 Å². The fraction of sp³-hybridized carbons (Fsp3) is 0.360. The zero-order valence-electron chi connectivity index (χ0n) is 19.1. The van der Waals surface area contributed by atoms with Gasteiger partial charge < -0.3 is 9.84 Å². The van der Waals surface area contributed by atoms with E-state index in [0.29, 0.717) is 20.7 Å². The standard InChI is InChI=1S/C25H29NO3S2/c1-24(2,3)18-12-15(13-19(21(18)27)25(4,5)6)14-20-22(28)26(23(30)31-20)16-8-10-17(29-7)11-9-16/h8-14,27H,1-7H3/b20-14+. The molecule has 4 nitrogen and oxygen atoms in total. The lowest BCUT2D eigenvalue weighted by Crippen LogP contribution is -2.27. The molecule has 2 aromatic carbocycles. The quantitative estimate of drug-likeness (QED) is 0.429. The molecule has 1 N–H and O–H groups in total. The molecule has 1 heterocycles. The number of methoxy groups -OCH3 is 1. The Morgan fingerprint density at radius 1 is 1.00 bits per heavy atom. The van der Waals surface area contributed by atoms with E-state index < -0.39 is 0 Å². The number of carbonyl (C=O) groups is 1. The zero-order chi connectivity index (χ0) is 23.1. The van der Waals surface area contributed by atoms with Gasteiger partial charge in [0.15, 0.2) is 4.32 Å². The van der Waals surface area contributed by atoms with Gasteiger partial charge >= 0.3 is 0 Å². The molecule has 1 saturated heterocycles. The molecule has 0 saturated carbocycles. The lowest BCUT2D eigenvalue weighted by atomic mass is 9.78. The number of thiocarbonyl (C=S) groups is 1. The van der Waals surface area contributed by atoms with Crippen molar-refractivity contribution >= 4 is 46.0 Å². The lowest BCUT2D eigenvalue weighted by Gasteiger charge is -2.28. The molecule has 0 spiro atoms. The van der Waals surface area contributed by atoms with Crippen LogP contribution < -0.4 is 9.64 Å². The van der Waals surface area contributed by atoms with E-state index in [4.69, 9.17) is 17.0 Å². The Morgan fingerprint density at radius 2 is 1.52 bits per heavy atom. The summed E-state index contributed by atoms with van der Waals surface area (Å²) >= 11 is 6.79. The van der Waals surface area contributed by atoms with Gasteiger partial charge in [0.2, 0.25) is 0 Å². The normalized spacial score (nSPS) is 16.4. The Balaban J connectivity index is 2.05. The van der Waals surface area contributed by atoms with Gasteiger partial charge in [-0.1, -0.05) is 65.5 Å². The van der Waals surface area contributed by atoms with E-state index in [0.717, 1.165) is 22.4 Å². The first-order valence-electron chi connectivity index (χ1n) is 10.1. The van der Waals surface area contributed by atoms with Crippen molar-refractivity contribution in [2.75, 3.05) is 12.0 Å². The van der Waals surface area contributed by atoms with Gasteiger partial charge in [-0.05, 0) is 58.9 Å². The topological polar surface area (TPSA) is 49.8 Å². The third-order valence-corrected chi connectivity index (χ3v) is 6.47. The van der Waals surface area contributed by atoms with Crippen molar-refractivity contribution in [3.05, 3.63) is 58.0 Å². The number of phenols is 1. The second kappa shape index (κ2) is 8.32. The van der Waals surface area contributed by atoms with E-state index in [1.165, 1.54) is 11.8 Å². The van der Waals surface area contributed by atoms with Gasteiger partial charge in [0.05, 0.1) is 17.7 Å². The second-order valence-electron chi connectivity index (χ2n) is 9.68. The number of nitrogens with zero attached hydrogens (tertiary/aromatic N) is 1. The number of hydrogen-bond acceptors (Lipinski definition) is 5. The molecule has 0 bridgehead atoms. The maximum Gasteiger partial charge on any atom is 0.270 e. The molecule has 1 amide bonds. The summed E-state index contributed by atoms with van der Waals surface area (Å²) in [5, 5.41) is 10.9. The van der Waals surface area contributed by atoms with Crippen LogP contribution in [0.25, 0.3) is 6.08 Å². The van der Waals surface area contributed by atoms with Crippen LogP contribution in [0.4, 0.5) is 5.69 Å². The Labute approximate surface area is 194 Å². The highest BCUT2D eigenvalue weighted by atomic mass is 32.2. The number of anilines is 1. The summed E-state index contributed by atoms with van der Waals surface area (Å²) in [6.45, 7) is 12.4. The maximum atomic E-state index is 13.2. The molecule has 31 heavy (non-hydrogen) atoms. The Morgan fingerprint density at radius 3 is 1.97 bits per heavy atom. The van der Waals surface area contributed by atoms with Crippen LogP contribution in [-0.2, 0) is 15.6 Å². The molecule has 0 aliphatic carbocycles. The minimum absolute atomic E-state index is 0.150. The van der Waals surface area contributed by atoms with Crippen LogP contribution in [0.5, 0.6) is 11.5 Å². The number of phenolic OH excluding ortho intramolecular Hbond substituents is 1. The van der Waals surface area contributed by atoms with Crippen molar-refractivity contribution < 1.29 is 14.6 Å². The van der Waals surface area contributed by atoms with Crippen LogP contribution in [0.15, 0.2) is 41.3 Å². The molecule has 0 atom stereocenters. The molecule has 1 aliphatic heterocycles. The highest BCUT2D eigenvalue weighted by Gasteiger charge is 2.34. The summed E-state index contributed by atoms with van der Waals surface area (Å²) in [6.07, 6.45) is 1.87. The van der Waals surface area contributed by atoms with Gasteiger partial charge in [-0.25, -0.2) is 0 Å². The van der Waals surface area contributed by atoms with Crippen LogP contribution in [0.2, 0.25) is 0 Å². The molecule has 164 valence electrons. The summed E-state index contributed by atoms with van der Waals surface area (Å²) in [5.41, 5.74) is 2.82. The maximum absolute atomic E-state index is 13.2. The van der Waals surface area contributed by atoms with Crippen LogP contribution in [0.1, 0.15) is 58.2 Å². The Hall–Kier alpha value is -2.31. The van der Waals surface area contributed by atoms with Crippen molar-refractivity contribution in [1.29, 1.82) is 0 Å². The third kappa shape index (κ3) is 4.80. The molecular weight excluding hydrogens is 426 g/mol. The third-order valence-electron chi connectivity index (χ3n) is 5.17. The van der Waals surface area contributed by atoms with Crippen LogP contribution in [-0.4, -0.2) is 22.4 Å². The van der Waals surface area contributed by atoms with Crippen LogP contribution >= 0.6 is 24.0 Å². The van der Waals surface area contributed by atoms with Gasteiger partial charge in [0.1, 0.15) is 11.5 Å². The molecule has 1 aliphatic rings. The first-order valence-corrected chi connectivity index (χ1v) is 11.4. The average molecular weight is 456 g/mol. The number of hydrogen-bond donors (Lipinski definition) is 1. The minimum atomic E-state index is -0.240.